The van der Waals surface area contributed by atoms with E-state index in [0.29, 0.717) is 0 Å². The average molecular weight is 205 g/mol. The molecule has 0 aromatic heterocycles. The summed E-state index contributed by atoms with van der Waals surface area (Å²) in [5, 5.41) is 27.6. The molecule has 0 aromatic carbocycles. The number of aliphatic carboxylic acids is 1. The molecule has 0 unspecified atom stereocenters. The monoisotopic (exact) mass is 204 g/mol. The van der Waals surface area contributed by atoms with Gasteiger partial charge in [0.1, 0.15) is 0 Å². The van der Waals surface area contributed by atoms with Crippen molar-refractivity contribution in [3.05, 3.63) is 0 Å². The number of halogens is 1. The number of aliphatic hydroxyl groups excluding tert-OH is 2. The molecule has 0 rings (SSSR count). The molecule has 0 aliphatic rings. The normalized spacial score (nSPS) is 14.6. The van der Waals surface area contributed by atoms with E-state index >= 15 is 0 Å². The molecule has 0 saturated carbocycles. The molecule has 0 heterocycles. The summed E-state index contributed by atoms with van der Waals surface area (Å²) in [7, 11) is 0. The molecular formula is C6H10ClNaO4. The molecule has 0 saturated heterocycles. The van der Waals surface area contributed by atoms with Gasteiger partial charge in [-0.15, -0.1) is 11.6 Å². The predicted molar refractivity (Wildman–Crippen MR) is 37.0 cm³/mol. The van der Waals surface area contributed by atoms with Crippen LogP contribution in [0.3, 0.4) is 0 Å². The second-order valence-corrected chi connectivity index (χ2v) is 2.58. The number of hydrogen-bond acceptors (Lipinski definition) is 4. The van der Waals surface area contributed by atoms with Crippen molar-refractivity contribution in [2.75, 3.05) is 5.88 Å². The molecule has 0 aliphatic heterocycles. The zero-order valence-electron chi connectivity index (χ0n) is 6.86. The van der Waals surface area contributed by atoms with E-state index in [4.69, 9.17) is 21.8 Å². The third kappa shape index (κ3) is 8.77. The summed E-state index contributed by atoms with van der Waals surface area (Å²) in [5.41, 5.74) is 0. The van der Waals surface area contributed by atoms with Crippen molar-refractivity contribution in [3.8, 4) is 0 Å². The molecule has 0 aromatic rings. The number of carboxylic acid groups (broad SMARTS) is 1. The molecule has 12 heavy (non-hydrogen) atoms. The van der Waals surface area contributed by atoms with Crippen molar-refractivity contribution in [1.29, 1.82) is 0 Å². The zero-order chi connectivity index (χ0) is 8.85. The Bertz CT molecular complexity index is 133. The van der Waals surface area contributed by atoms with Gasteiger partial charge in [0.15, 0.2) is 0 Å². The summed E-state index contributed by atoms with van der Waals surface area (Å²) in [6, 6.07) is 0. The van der Waals surface area contributed by atoms with Crippen LogP contribution in [0.2, 0.25) is 0 Å². The molecular weight excluding hydrogens is 195 g/mol. The zero-order valence-corrected chi connectivity index (χ0v) is 9.62. The van der Waals surface area contributed by atoms with Gasteiger partial charge >= 0.3 is 29.6 Å². The van der Waals surface area contributed by atoms with Crippen LogP contribution in [0, 0.1) is 0 Å². The fraction of sp³-hybridized carbons (Fsp3) is 0.833. The standard InChI is InChI=1S/C6H11ClO4.Na/c7-3-5(9)1-4(8)2-6(10)11;/h4-5,8-9H,1-3H2,(H,10,11);/q;+1/p-1/t4-,5+;/m1./s1. The summed E-state index contributed by atoms with van der Waals surface area (Å²) in [4.78, 5) is 9.89. The van der Waals surface area contributed by atoms with E-state index in [2.05, 4.69) is 0 Å². The minimum Gasteiger partial charge on any atom is -0.550 e. The Morgan fingerprint density at radius 2 is 1.92 bits per heavy atom. The van der Waals surface area contributed by atoms with Crippen molar-refractivity contribution < 1.29 is 49.7 Å². The van der Waals surface area contributed by atoms with Crippen molar-refractivity contribution in [1.82, 2.24) is 0 Å². The third-order valence-corrected chi connectivity index (χ3v) is 1.48. The Morgan fingerprint density at radius 1 is 1.42 bits per heavy atom. The Morgan fingerprint density at radius 3 is 2.25 bits per heavy atom. The maximum atomic E-state index is 9.89. The van der Waals surface area contributed by atoms with E-state index in [1.807, 2.05) is 0 Å². The molecule has 66 valence electrons. The van der Waals surface area contributed by atoms with E-state index in [0.717, 1.165) is 0 Å². The molecule has 2 N–H and O–H groups in total. The van der Waals surface area contributed by atoms with Crippen LogP contribution in [0.1, 0.15) is 12.8 Å². The van der Waals surface area contributed by atoms with E-state index in [9.17, 15) is 9.90 Å². The quantitative estimate of drug-likeness (QED) is 0.349. The molecule has 6 heteroatoms. The Hall–Kier alpha value is 0.680. The van der Waals surface area contributed by atoms with Crippen LogP contribution in [-0.4, -0.2) is 34.3 Å². The molecule has 0 fully saturated rings. The first-order chi connectivity index (χ1) is 5.06. The molecule has 2 atom stereocenters. The van der Waals surface area contributed by atoms with Crippen LogP contribution in [0.4, 0.5) is 0 Å². The first-order valence-electron chi connectivity index (χ1n) is 3.18. The molecule has 0 radical (unpaired) electrons. The number of aliphatic hydroxyl groups is 2. The molecule has 0 amide bonds. The Labute approximate surface area is 97.8 Å². The Balaban J connectivity index is 0. The molecule has 0 bridgehead atoms. The number of carbonyl (C=O) groups is 1. The van der Waals surface area contributed by atoms with Gasteiger partial charge in [-0.05, 0) is 0 Å². The van der Waals surface area contributed by atoms with Crippen molar-refractivity contribution >= 4 is 17.6 Å². The molecule has 0 aliphatic carbocycles. The van der Waals surface area contributed by atoms with E-state index in [1.54, 1.807) is 0 Å². The maximum absolute atomic E-state index is 9.89. The van der Waals surface area contributed by atoms with Crippen LogP contribution in [-0.2, 0) is 4.79 Å². The van der Waals surface area contributed by atoms with Gasteiger partial charge in [0.05, 0.1) is 12.2 Å². The Kier molecular flexibility index (Phi) is 10.5. The van der Waals surface area contributed by atoms with Crippen LogP contribution in [0.5, 0.6) is 0 Å². The van der Waals surface area contributed by atoms with Crippen LogP contribution >= 0.6 is 11.6 Å². The van der Waals surface area contributed by atoms with Crippen molar-refractivity contribution in [2.45, 2.75) is 25.0 Å². The van der Waals surface area contributed by atoms with Crippen molar-refractivity contribution in [2.24, 2.45) is 0 Å². The fourth-order valence-corrected chi connectivity index (χ4v) is 0.779. The summed E-state index contributed by atoms with van der Waals surface area (Å²) < 4.78 is 0. The van der Waals surface area contributed by atoms with Crippen LogP contribution in [0.25, 0.3) is 0 Å². The largest absolute Gasteiger partial charge is 1.00 e. The van der Waals surface area contributed by atoms with E-state index < -0.39 is 24.6 Å². The number of carboxylic acids is 1. The van der Waals surface area contributed by atoms with Gasteiger partial charge in [-0.3, -0.25) is 0 Å². The van der Waals surface area contributed by atoms with Crippen LogP contribution < -0.4 is 34.7 Å². The maximum Gasteiger partial charge on any atom is 1.00 e. The van der Waals surface area contributed by atoms with Gasteiger partial charge in [-0.1, -0.05) is 0 Å². The van der Waals surface area contributed by atoms with E-state index in [1.165, 1.54) is 0 Å². The van der Waals surface area contributed by atoms with Gasteiger partial charge in [-0.25, -0.2) is 0 Å². The molecule has 0 spiro atoms. The first-order valence-corrected chi connectivity index (χ1v) is 3.71. The number of carbonyl (C=O) groups excluding carboxylic acids is 1. The first kappa shape index (κ1) is 15.2. The van der Waals surface area contributed by atoms with Crippen LogP contribution in [0.15, 0.2) is 0 Å². The second-order valence-electron chi connectivity index (χ2n) is 2.27. The SMILES string of the molecule is O=C([O-])C[C@H](O)C[C@H](O)CCl.[Na+]. The average Bonchev–Trinajstić information content (AvgIpc) is 1.85. The van der Waals surface area contributed by atoms with Crippen molar-refractivity contribution in [3.63, 3.8) is 0 Å². The van der Waals surface area contributed by atoms with Gasteiger partial charge in [-0.2, -0.15) is 0 Å². The smallest absolute Gasteiger partial charge is 0.550 e. The van der Waals surface area contributed by atoms with Gasteiger partial charge in [0, 0.05) is 24.7 Å². The molecule has 4 nitrogen and oxygen atoms in total. The summed E-state index contributed by atoms with van der Waals surface area (Å²) >= 11 is 5.21. The predicted octanol–water partition coefficient (Wildman–Crippen LogP) is -4.52. The second kappa shape index (κ2) is 8.29. The number of alkyl halides is 1. The minimum absolute atomic E-state index is 0. The summed E-state index contributed by atoms with van der Waals surface area (Å²) in [6.45, 7) is 0. The minimum atomic E-state index is -1.33. The van der Waals surface area contributed by atoms with Gasteiger partial charge in [0.25, 0.3) is 0 Å². The number of rotatable bonds is 5. The summed E-state index contributed by atoms with van der Waals surface area (Å²) in [6.07, 6.45) is -2.43. The summed E-state index contributed by atoms with van der Waals surface area (Å²) in [5.74, 6) is -1.34. The van der Waals surface area contributed by atoms with Gasteiger partial charge in [0.2, 0.25) is 0 Å². The van der Waals surface area contributed by atoms with E-state index in [-0.39, 0.29) is 41.9 Å². The fourth-order valence-electron chi connectivity index (χ4n) is 0.653. The third-order valence-electron chi connectivity index (χ3n) is 1.12. The topological polar surface area (TPSA) is 80.6 Å². The number of hydrogen-bond donors (Lipinski definition) is 2. The van der Waals surface area contributed by atoms with Gasteiger partial charge < -0.3 is 20.1 Å².